The highest BCUT2D eigenvalue weighted by molar-refractivity contribution is 5.97. The normalized spacial score (nSPS) is 15.8. The minimum atomic E-state index is -1.05. The molecule has 108 valence electrons. The smallest absolute Gasteiger partial charge is 0.322 e. The molecule has 2 rings (SSSR count). The molecule has 20 heavy (non-hydrogen) atoms. The second-order valence-corrected chi connectivity index (χ2v) is 4.62. The van der Waals surface area contributed by atoms with Gasteiger partial charge in [0, 0.05) is 25.2 Å². The fourth-order valence-corrected chi connectivity index (χ4v) is 2.13. The zero-order chi connectivity index (χ0) is 14.4. The van der Waals surface area contributed by atoms with Crippen molar-refractivity contribution in [2.75, 3.05) is 32.8 Å². The van der Waals surface area contributed by atoms with E-state index in [4.69, 9.17) is 9.84 Å². The zero-order valence-electron chi connectivity index (χ0n) is 11.2. The lowest BCUT2D eigenvalue weighted by atomic mass is 10.1. The van der Waals surface area contributed by atoms with Gasteiger partial charge in [-0.05, 0) is 11.6 Å². The number of amides is 1. The fourth-order valence-electron chi connectivity index (χ4n) is 2.13. The minimum Gasteiger partial charge on any atom is -0.480 e. The van der Waals surface area contributed by atoms with E-state index in [0.717, 1.165) is 18.7 Å². The predicted molar refractivity (Wildman–Crippen MR) is 72.5 cm³/mol. The predicted octanol–water partition coefficient (Wildman–Crippen LogP) is 0.333. The molecular formula is C14H18N2O4. The monoisotopic (exact) mass is 278 g/mol. The molecule has 0 atom stereocenters. The Labute approximate surface area is 117 Å². The maximum absolute atomic E-state index is 12.0. The van der Waals surface area contributed by atoms with Gasteiger partial charge in [0.1, 0.15) is 6.54 Å². The Kier molecular flexibility index (Phi) is 5.09. The van der Waals surface area contributed by atoms with Crippen LogP contribution >= 0.6 is 0 Å². The lowest BCUT2D eigenvalue weighted by molar-refractivity contribution is -0.135. The summed E-state index contributed by atoms with van der Waals surface area (Å²) in [6.45, 7) is 3.38. The highest BCUT2D eigenvalue weighted by Crippen LogP contribution is 2.13. The van der Waals surface area contributed by atoms with E-state index in [1.807, 2.05) is 12.1 Å². The third kappa shape index (κ3) is 4.04. The van der Waals surface area contributed by atoms with Crippen molar-refractivity contribution in [1.29, 1.82) is 0 Å². The van der Waals surface area contributed by atoms with Crippen LogP contribution in [0.25, 0.3) is 0 Å². The first-order valence-electron chi connectivity index (χ1n) is 6.55. The Bertz CT molecular complexity index is 484. The van der Waals surface area contributed by atoms with Crippen LogP contribution in [-0.4, -0.2) is 54.7 Å². The molecule has 1 amide bonds. The van der Waals surface area contributed by atoms with Crippen LogP contribution in [0.1, 0.15) is 15.9 Å². The van der Waals surface area contributed by atoms with E-state index in [0.29, 0.717) is 25.3 Å². The number of nitrogens with one attached hydrogen (secondary N) is 1. The van der Waals surface area contributed by atoms with Gasteiger partial charge in [-0.1, -0.05) is 18.2 Å². The number of carbonyl (C=O) groups excluding carboxylic acids is 1. The number of benzene rings is 1. The molecule has 1 aromatic carbocycles. The average Bonchev–Trinajstić information content (AvgIpc) is 2.46. The molecule has 0 aliphatic carbocycles. The van der Waals surface area contributed by atoms with Crippen molar-refractivity contribution < 1.29 is 19.4 Å². The number of nitrogens with zero attached hydrogens (tertiary/aromatic N) is 1. The summed E-state index contributed by atoms with van der Waals surface area (Å²) >= 11 is 0. The standard InChI is InChI=1S/C14H18N2O4/c17-13(18)9-15-14(19)12-4-2-1-3-11(12)10-16-5-7-20-8-6-16/h1-4H,5-10H2,(H,15,19)(H,17,18). The summed E-state index contributed by atoms with van der Waals surface area (Å²) in [5.41, 5.74) is 1.43. The molecule has 1 aliphatic heterocycles. The second-order valence-electron chi connectivity index (χ2n) is 4.62. The zero-order valence-corrected chi connectivity index (χ0v) is 11.2. The number of rotatable bonds is 5. The number of carboxylic acids is 1. The molecular weight excluding hydrogens is 260 g/mol. The summed E-state index contributed by atoms with van der Waals surface area (Å²) in [6, 6.07) is 7.26. The molecule has 2 N–H and O–H groups in total. The Morgan fingerprint density at radius 1 is 1.25 bits per heavy atom. The first-order chi connectivity index (χ1) is 9.66. The van der Waals surface area contributed by atoms with Gasteiger partial charge in [-0.2, -0.15) is 0 Å². The summed E-state index contributed by atoms with van der Waals surface area (Å²) in [5, 5.41) is 11.0. The molecule has 6 heteroatoms. The summed E-state index contributed by atoms with van der Waals surface area (Å²) < 4.78 is 5.29. The number of carboxylic acid groups (broad SMARTS) is 1. The van der Waals surface area contributed by atoms with Crippen molar-refractivity contribution in [3.8, 4) is 0 Å². The number of carbonyl (C=O) groups is 2. The molecule has 1 fully saturated rings. The molecule has 1 aromatic rings. The van der Waals surface area contributed by atoms with Gasteiger partial charge >= 0.3 is 5.97 Å². The molecule has 0 bridgehead atoms. The number of aliphatic carboxylic acids is 1. The van der Waals surface area contributed by atoms with E-state index in [1.54, 1.807) is 12.1 Å². The minimum absolute atomic E-state index is 0.351. The SMILES string of the molecule is O=C(O)CNC(=O)c1ccccc1CN1CCOCC1. The van der Waals surface area contributed by atoms with Crippen molar-refractivity contribution in [3.05, 3.63) is 35.4 Å². The Morgan fingerprint density at radius 3 is 2.65 bits per heavy atom. The molecule has 0 saturated carbocycles. The van der Waals surface area contributed by atoms with Crippen LogP contribution in [0.4, 0.5) is 0 Å². The van der Waals surface area contributed by atoms with Crippen molar-refractivity contribution in [2.24, 2.45) is 0 Å². The van der Waals surface area contributed by atoms with Crippen LogP contribution in [0, 0.1) is 0 Å². The lowest BCUT2D eigenvalue weighted by Crippen LogP contribution is -2.36. The summed E-state index contributed by atoms with van der Waals surface area (Å²) in [6.07, 6.45) is 0. The summed E-state index contributed by atoms with van der Waals surface area (Å²) in [7, 11) is 0. The second kappa shape index (κ2) is 7.02. The molecule has 1 saturated heterocycles. The maximum Gasteiger partial charge on any atom is 0.322 e. The number of ether oxygens (including phenoxy) is 1. The van der Waals surface area contributed by atoms with E-state index in [1.165, 1.54) is 0 Å². The van der Waals surface area contributed by atoms with E-state index in [2.05, 4.69) is 10.2 Å². The Balaban J connectivity index is 2.04. The van der Waals surface area contributed by atoms with Crippen LogP contribution in [0.15, 0.2) is 24.3 Å². The summed E-state index contributed by atoms with van der Waals surface area (Å²) in [4.78, 5) is 24.7. The summed E-state index contributed by atoms with van der Waals surface area (Å²) in [5.74, 6) is -1.40. The number of hydrogen-bond acceptors (Lipinski definition) is 4. The van der Waals surface area contributed by atoms with Crippen LogP contribution in [0.3, 0.4) is 0 Å². The lowest BCUT2D eigenvalue weighted by Gasteiger charge is -2.27. The first-order valence-corrected chi connectivity index (χ1v) is 6.55. The van der Waals surface area contributed by atoms with Gasteiger partial charge in [0.2, 0.25) is 0 Å². The Morgan fingerprint density at radius 2 is 1.95 bits per heavy atom. The van der Waals surface area contributed by atoms with Crippen molar-refractivity contribution in [2.45, 2.75) is 6.54 Å². The van der Waals surface area contributed by atoms with Gasteiger partial charge in [0.15, 0.2) is 0 Å². The fraction of sp³-hybridized carbons (Fsp3) is 0.429. The molecule has 6 nitrogen and oxygen atoms in total. The molecule has 0 aromatic heterocycles. The van der Waals surface area contributed by atoms with E-state index in [-0.39, 0.29) is 12.5 Å². The highest BCUT2D eigenvalue weighted by Gasteiger charge is 2.16. The topological polar surface area (TPSA) is 78.9 Å². The molecule has 1 aliphatic rings. The molecule has 0 radical (unpaired) electrons. The van der Waals surface area contributed by atoms with Crippen molar-refractivity contribution in [1.82, 2.24) is 10.2 Å². The van der Waals surface area contributed by atoms with Crippen LogP contribution in [-0.2, 0) is 16.1 Å². The third-order valence-corrected chi connectivity index (χ3v) is 3.16. The van der Waals surface area contributed by atoms with Gasteiger partial charge in [-0.3, -0.25) is 14.5 Å². The first kappa shape index (κ1) is 14.5. The maximum atomic E-state index is 12.0. The van der Waals surface area contributed by atoms with Gasteiger partial charge in [-0.15, -0.1) is 0 Å². The van der Waals surface area contributed by atoms with Crippen molar-refractivity contribution >= 4 is 11.9 Å². The van der Waals surface area contributed by atoms with E-state index < -0.39 is 5.97 Å². The average molecular weight is 278 g/mol. The van der Waals surface area contributed by atoms with E-state index in [9.17, 15) is 9.59 Å². The third-order valence-electron chi connectivity index (χ3n) is 3.16. The van der Waals surface area contributed by atoms with Crippen LogP contribution in [0.5, 0.6) is 0 Å². The number of hydrogen-bond donors (Lipinski definition) is 2. The van der Waals surface area contributed by atoms with Gasteiger partial charge in [-0.25, -0.2) is 0 Å². The number of morpholine rings is 1. The van der Waals surface area contributed by atoms with Crippen molar-refractivity contribution in [3.63, 3.8) is 0 Å². The van der Waals surface area contributed by atoms with Crippen LogP contribution < -0.4 is 5.32 Å². The van der Waals surface area contributed by atoms with E-state index >= 15 is 0 Å². The molecule has 1 heterocycles. The Hall–Kier alpha value is -1.92. The largest absolute Gasteiger partial charge is 0.480 e. The van der Waals surface area contributed by atoms with Gasteiger partial charge in [0.25, 0.3) is 5.91 Å². The van der Waals surface area contributed by atoms with Gasteiger partial charge < -0.3 is 15.2 Å². The highest BCUT2D eigenvalue weighted by atomic mass is 16.5. The van der Waals surface area contributed by atoms with Gasteiger partial charge in [0.05, 0.1) is 13.2 Å². The van der Waals surface area contributed by atoms with Crippen LogP contribution in [0.2, 0.25) is 0 Å². The quantitative estimate of drug-likeness (QED) is 0.811. The molecule has 0 spiro atoms. The molecule has 0 unspecified atom stereocenters.